The van der Waals surface area contributed by atoms with E-state index in [-0.39, 0.29) is 30.3 Å². The van der Waals surface area contributed by atoms with Gasteiger partial charge in [-0.05, 0) is 35.9 Å². The number of ether oxygens (including phenoxy) is 5. The second kappa shape index (κ2) is 11.9. The number of methoxy groups -OCH3 is 1. The summed E-state index contributed by atoms with van der Waals surface area (Å²) < 4.78 is 25.2. The van der Waals surface area contributed by atoms with Crippen molar-refractivity contribution in [3.05, 3.63) is 59.7 Å². The van der Waals surface area contributed by atoms with E-state index in [1.54, 1.807) is 30.3 Å². The van der Waals surface area contributed by atoms with Crippen molar-refractivity contribution in [1.82, 2.24) is 0 Å². The maximum atomic E-state index is 12.1. The van der Waals surface area contributed by atoms with Crippen molar-refractivity contribution < 1.29 is 42.9 Å². The van der Waals surface area contributed by atoms with Crippen LogP contribution in [0, 0.1) is 0 Å². The summed E-state index contributed by atoms with van der Waals surface area (Å²) in [4.78, 5) is 46.2. The number of hydrogen-bond acceptors (Lipinski definition) is 9. The maximum Gasteiger partial charge on any atom is 0.342 e. The summed E-state index contributed by atoms with van der Waals surface area (Å²) in [5.41, 5.74) is 0.697. The molecule has 0 spiro atoms. The van der Waals surface area contributed by atoms with Crippen LogP contribution in [0.1, 0.15) is 29.8 Å². The van der Waals surface area contributed by atoms with Gasteiger partial charge in [0.2, 0.25) is 0 Å². The molecule has 0 radical (unpaired) electrons. The van der Waals surface area contributed by atoms with Gasteiger partial charge in [-0.2, -0.15) is 0 Å². The molecule has 0 fully saturated rings. The molecular weight excluding hydrogens is 420 g/mol. The molecule has 0 aromatic heterocycles. The molecule has 0 unspecified atom stereocenters. The van der Waals surface area contributed by atoms with Gasteiger partial charge in [-0.3, -0.25) is 9.59 Å². The van der Waals surface area contributed by atoms with Gasteiger partial charge < -0.3 is 23.7 Å². The second-order valence-corrected chi connectivity index (χ2v) is 6.23. The summed E-state index contributed by atoms with van der Waals surface area (Å²) in [5.74, 6) is -1.73. The minimum Gasteiger partial charge on any atom is -0.493 e. The van der Waals surface area contributed by atoms with Gasteiger partial charge in [0, 0.05) is 19.9 Å². The summed E-state index contributed by atoms with van der Waals surface area (Å²) in [6.45, 7) is 2.15. The lowest BCUT2D eigenvalue weighted by Gasteiger charge is -2.09. The van der Waals surface area contributed by atoms with Crippen LogP contribution in [0.4, 0.5) is 0 Å². The summed E-state index contributed by atoms with van der Waals surface area (Å²) >= 11 is 0. The van der Waals surface area contributed by atoms with Crippen LogP contribution in [0.5, 0.6) is 17.2 Å². The maximum absolute atomic E-state index is 12.1. The molecule has 0 N–H and O–H groups in total. The van der Waals surface area contributed by atoms with E-state index in [0.29, 0.717) is 11.3 Å². The first-order valence-electron chi connectivity index (χ1n) is 9.46. The molecule has 0 aliphatic carbocycles. The van der Waals surface area contributed by atoms with Crippen LogP contribution in [0.2, 0.25) is 0 Å². The van der Waals surface area contributed by atoms with Gasteiger partial charge in [-0.25, -0.2) is 9.59 Å². The van der Waals surface area contributed by atoms with Crippen molar-refractivity contribution >= 4 is 30.0 Å². The molecule has 0 bridgehead atoms. The van der Waals surface area contributed by atoms with Crippen LogP contribution in [0.25, 0.3) is 6.08 Å². The molecule has 0 aliphatic rings. The average Bonchev–Trinajstić information content (AvgIpc) is 2.75. The van der Waals surface area contributed by atoms with E-state index in [4.69, 9.17) is 23.7 Å². The van der Waals surface area contributed by atoms with Crippen LogP contribution in [0.3, 0.4) is 0 Å². The minimum absolute atomic E-state index is 0.0834. The highest BCUT2D eigenvalue weighted by molar-refractivity contribution is 5.93. The fraction of sp³-hybridized carbons (Fsp3) is 0.217. The molecular formula is C23H22O9. The van der Waals surface area contributed by atoms with E-state index >= 15 is 0 Å². The molecule has 0 saturated carbocycles. The number of carbonyl (C=O) groups is 4. The molecule has 2 rings (SSSR count). The number of para-hydroxylation sites is 1. The summed E-state index contributed by atoms with van der Waals surface area (Å²) in [5, 5.41) is 0. The molecule has 32 heavy (non-hydrogen) atoms. The summed E-state index contributed by atoms with van der Waals surface area (Å²) in [6.07, 6.45) is 2.68. The predicted molar refractivity (Wildman–Crippen MR) is 112 cm³/mol. The van der Waals surface area contributed by atoms with Gasteiger partial charge >= 0.3 is 23.9 Å². The first-order valence-corrected chi connectivity index (χ1v) is 9.46. The second-order valence-electron chi connectivity index (χ2n) is 6.23. The highest BCUT2D eigenvalue weighted by Gasteiger charge is 2.15. The molecule has 9 nitrogen and oxygen atoms in total. The van der Waals surface area contributed by atoms with E-state index in [0.717, 1.165) is 0 Å². The summed E-state index contributed by atoms with van der Waals surface area (Å²) in [7, 11) is 1.43. The third-order valence-corrected chi connectivity index (χ3v) is 3.77. The Balaban J connectivity index is 1.84. The van der Waals surface area contributed by atoms with Gasteiger partial charge in [0.1, 0.15) is 24.5 Å². The first kappa shape index (κ1) is 24.1. The van der Waals surface area contributed by atoms with Crippen LogP contribution >= 0.6 is 0 Å². The highest BCUT2D eigenvalue weighted by atomic mass is 16.6. The third kappa shape index (κ3) is 7.60. The van der Waals surface area contributed by atoms with E-state index in [2.05, 4.69) is 0 Å². The zero-order chi connectivity index (χ0) is 23.5. The van der Waals surface area contributed by atoms with Crippen LogP contribution in [-0.2, 0) is 23.9 Å². The topological polar surface area (TPSA) is 114 Å². The van der Waals surface area contributed by atoms with Crippen molar-refractivity contribution in [2.75, 3.05) is 20.3 Å². The Bertz CT molecular complexity index is 1020. The van der Waals surface area contributed by atoms with Crippen LogP contribution in [0.15, 0.2) is 48.5 Å². The van der Waals surface area contributed by atoms with Crippen molar-refractivity contribution in [3.63, 3.8) is 0 Å². The zero-order valence-electron chi connectivity index (χ0n) is 17.8. The van der Waals surface area contributed by atoms with Crippen molar-refractivity contribution in [1.29, 1.82) is 0 Å². The van der Waals surface area contributed by atoms with E-state index in [1.165, 1.54) is 45.2 Å². The number of esters is 4. The molecule has 9 heteroatoms. The Morgan fingerprint density at radius 1 is 0.812 bits per heavy atom. The predicted octanol–water partition coefficient (Wildman–Crippen LogP) is 2.96. The Morgan fingerprint density at radius 2 is 1.47 bits per heavy atom. The normalized spacial score (nSPS) is 10.3. The SMILES string of the molecule is COc1cc(C=CC(=O)OCCOC(=O)c2ccccc2OC(C)=O)ccc1OC(C)=O. The lowest BCUT2D eigenvalue weighted by Crippen LogP contribution is -2.14. The number of carbonyl (C=O) groups excluding carboxylic acids is 4. The van der Waals surface area contributed by atoms with E-state index in [9.17, 15) is 19.2 Å². The Kier molecular flexibility index (Phi) is 8.97. The van der Waals surface area contributed by atoms with Crippen molar-refractivity contribution in [3.8, 4) is 17.2 Å². The number of rotatable bonds is 9. The standard InChI is InChI=1S/C23H22O9/c1-15(24)31-19-7-5-4-6-18(19)23(27)30-13-12-29-22(26)11-9-17-8-10-20(32-16(2)25)21(14-17)28-3/h4-11,14H,12-13H2,1-3H3. The van der Waals surface area contributed by atoms with E-state index < -0.39 is 23.9 Å². The zero-order valence-corrected chi connectivity index (χ0v) is 17.8. The fourth-order valence-electron chi connectivity index (χ4n) is 2.47. The third-order valence-electron chi connectivity index (χ3n) is 3.77. The Labute approximate surface area is 184 Å². The molecule has 0 amide bonds. The number of hydrogen-bond donors (Lipinski definition) is 0. The quantitative estimate of drug-likeness (QED) is 0.250. The summed E-state index contributed by atoms with van der Waals surface area (Å²) in [6, 6.07) is 10.9. The molecule has 0 aliphatic heterocycles. The molecule has 0 heterocycles. The number of benzene rings is 2. The Morgan fingerprint density at radius 3 is 2.16 bits per heavy atom. The van der Waals surface area contributed by atoms with Gasteiger partial charge in [-0.15, -0.1) is 0 Å². The monoisotopic (exact) mass is 442 g/mol. The minimum atomic E-state index is -0.714. The van der Waals surface area contributed by atoms with E-state index in [1.807, 2.05) is 0 Å². The van der Waals surface area contributed by atoms with Gasteiger partial charge in [0.15, 0.2) is 11.5 Å². The Hall–Kier alpha value is -4.14. The van der Waals surface area contributed by atoms with Crippen molar-refractivity contribution in [2.24, 2.45) is 0 Å². The van der Waals surface area contributed by atoms with Gasteiger partial charge in [0.25, 0.3) is 0 Å². The molecule has 2 aromatic carbocycles. The van der Waals surface area contributed by atoms with Gasteiger partial charge in [-0.1, -0.05) is 18.2 Å². The fourth-order valence-corrected chi connectivity index (χ4v) is 2.47. The largest absolute Gasteiger partial charge is 0.493 e. The molecule has 168 valence electrons. The smallest absolute Gasteiger partial charge is 0.342 e. The first-order chi connectivity index (χ1) is 15.3. The van der Waals surface area contributed by atoms with Crippen LogP contribution < -0.4 is 14.2 Å². The van der Waals surface area contributed by atoms with Crippen LogP contribution in [-0.4, -0.2) is 44.2 Å². The molecule has 0 atom stereocenters. The molecule has 2 aromatic rings. The lowest BCUT2D eigenvalue weighted by molar-refractivity contribution is -0.139. The average molecular weight is 442 g/mol. The van der Waals surface area contributed by atoms with Gasteiger partial charge in [0.05, 0.1) is 7.11 Å². The molecule has 0 saturated heterocycles. The lowest BCUT2D eigenvalue weighted by atomic mass is 10.2. The van der Waals surface area contributed by atoms with Crippen molar-refractivity contribution in [2.45, 2.75) is 13.8 Å². The highest BCUT2D eigenvalue weighted by Crippen LogP contribution is 2.28.